The quantitative estimate of drug-likeness (QED) is 0.790. The van der Waals surface area contributed by atoms with Crippen LogP contribution in [0.3, 0.4) is 0 Å². The van der Waals surface area contributed by atoms with Gasteiger partial charge in [0.25, 0.3) is 0 Å². The van der Waals surface area contributed by atoms with Crippen LogP contribution < -0.4 is 5.32 Å². The van der Waals surface area contributed by atoms with Gasteiger partial charge in [-0.25, -0.2) is 0 Å². The summed E-state index contributed by atoms with van der Waals surface area (Å²) in [5, 5.41) is 12.5. The number of hydrogen-bond acceptors (Lipinski definition) is 3. The Morgan fingerprint density at radius 1 is 1.33 bits per heavy atom. The lowest BCUT2D eigenvalue weighted by Crippen LogP contribution is -2.46. The van der Waals surface area contributed by atoms with Crippen LogP contribution in [-0.2, 0) is 4.74 Å². The number of nitriles is 1. The lowest BCUT2D eigenvalue weighted by molar-refractivity contribution is -0.0149. The van der Waals surface area contributed by atoms with Gasteiger partial charge in [-0.1, -0.05) is 20.8 Å². The second kappa shape index (κ2) is 7.11. The highest BCUT2D eigenvalue weighted by molar-refractivity contribution is 5.04. The first-order valence-corrected chi connectivity index (χ1v) is 7.28. The third kappa shape index (κ3) is 4.59. The Hall–Kier alpha value is -0.590. The van der Waals surface area contributed by atoms with Crippen molar-refractivity contribution in [1.29, 1.82) is 5.26 Å². The molecule has 0 amide bonds. The minimum Gasteiger partial charge on any atom is -0.375 e. The van der Waals surface area contributed by atoms with Crippen LogP contribution in [0.25, 0.3) is 0 Å². The predicted molar refractivity (Wildman–Crippen MR) is 74.2 cm³/mol. The zero-order valence-electron chi connectivity index (χ0n) is 12.3. The molecule has 0 aromatic carbocycles. The number of hydrogen-bond donors (Lipinski definition) is 1. The van der Waals surface area contributed by atoms with E-state index in [1.165, 1.54) is 6.42 Å². The largest absolute Gasteiger partial charge is 0.375 e. The van der Waals surface area contributed by atoms with E-state index in [0.29, 0.717) is 12.7 Å². The van der Waals surface area contributed by atoms with E-state index in [1.807, 2.05) is 6.92 Å². The fourth-order valence-electron chi connectivity index (χ4n) is 2.46. The van der Waals surface area contributed by atoms with Gasteiger partial charge in [0, 0.05) is 0 Å². The molecule has 0 aromatic heterocycles. The summed E-state index contributed by atoms with van der Waals surface area (Å²) in [5.74, 6) is 1.55. The summed E-state index contributed by atoms with van der Waals surface area (Å²) in [6.07, 6.45) is 4.90. The summed E-state index contributed by atoms with van der Waals surface area (Å²) in [4.78, 5) is 0. The van der Waals surface area contributed by atoms with Crippen LogP contribution >= 0.6 is 0 Å². The van der Waals surface area contributed by atoms with Gasteiger partial charge in [0.1, 0.15) is 5.54 Å². The van der Waals surface area contributed by atoms with Crippen LogP contribution in [0.1, 0.15) is 53.4 Å². The summed E-state index contributed by atoms with van der Waals surface area (Å²) in [6.45, 7) is 10.0. The van der Waals surface area contributed by atoms with Crippen molar-refractivity contribution >= 4 is 0 Å². The van der Waals surface area contributed by atoms with Crippen LogP contribution in [0.4, 0.5) is 0 Å². The third-order valence-electron chi connectivity index (χ3n) is 4.17. The van der Waals surface area contributed by atoms with Crippen molar-refractivity contribution in [2.75, 3.05) is 13.2 Å². The van der Waals surface area contributed by atoms with Gasteiger partial charge >= 0.3 is 0 Å². The molecule has 1 N–H and O–H groups in total. The van der Waals surface area contributed by atoms with E-state index in [-0.39, 0.29) is 0 Å². The van der Waals surface area contributed by atoms with Gasteiger partial charge in [-0.3, -0.25) is 5.32 Å². The van der Waals surface area contributed by atoms with Gasteiger partial charge in [-0.15, -0.1) is 0 Å². The molecule has 1 aliphatic rings. The predicted octanol–water partition coefficient (Wildman–Crippen LogP) is 3.11. The van der Waals surface area contributed by atoms with Crippen molar-refractivity contribution in [1.82, 2.24) is 5.32 Å². The number of nitrogens with one attached hydrogen (secondary N) is 1. The average molecular weight is 252 g/mol. The molecule has 4 unspecified atom stereocenters. The highest BCUT2D eigenvalue weighted by Gasteiger charge is 2.29. The molecule has 1 aliphatic carbocycles. The molecule has 0 aliphatic heterocycles. The minimum atomic E-state index is -0.539. The normalized spacial score (nSPS) is 31.6. The van der Waals surface area contributed by atoms with Crippen molar-refractivity contribution in [2.45, 2.75) is 65.0 Å². The fourth-order valence-corrected chi connectivity index (χ4v) is 2.46. The van der Waals surface area contributed by atoms with Gasteiger partial charge in [0.05, 0.1) is 18.8 Å². The highest BCUT2D eigenvalue weighted by Crippen LogP contribution is 2.31. The van der Waals surface area contributed by atoms with Crippen molar-refractivity contribution in [3.05, 3.63) is 0 Å². The minimum absolute atomic E-state index is 0.340. The zero-order chi connectivity index (χ0) is 13.6. The SMILES string of the molecule is CCCNC(C)(C#N)COC1CCC(C)C(C)C1. The Balaban J connectivity index is 2.37. The topological polar surface area (TPSA) is 45.0 Å². The van der Waals surface area contributed by atoms with Crippen molar-refractivity contribution in [3.63, 3.8) is 0 Å². The summed E-state index contributed by atoms with van der Waals surface area (Å²) >= 11 is 0. The lowest BCUT2D eigenvalue weighted by Gasteiger charge is -2.34. The first-order valence-electron chi connectivity index (χ1n) is 7.28. The van der Waals surface area contributed by atoms with Crippen LogP contribution in [0.15, 0.2) is 0 Å². The molecule has 0 aromatic rings. The van der Waals surface area contributed by atoms with Crippen molar-refractivity contribution in [2.24, 2.45) is 11.8 Å². The van der Waals surface area contributed by atoms with Crippen LogP contribution in [-0.4, -0.2) is 24.8 Å². The lowest BCUT2D eigenvalue weighted by atomic mass is 9.80. The highest BCUT2D eigenvalue weighted by atomic mass is 16.5. The molecule has 1 fully saturated rings. The average Bonchev–Trinajstić information content (AvgIpc) is 2.38. The van der Waals surface area contributed by atoms with E-state index in [2.05, 4.69) is 32.2 Å². The van der Waals surface area contributed by atoms with Crippen LogP contribution in [0, 0.1) is 23.2 Å². The van der Waals surface area contributed by atoms with Crippen LogP contribution in [0.2, 0.25) is 0 Å². The molecule has 18 heavy (non-hydrogen) atoms. The number of rotatable bonds is 6. The molecule has 3 heteroatoms. The van der Waals surface area contributed by atoms with E-state index in [0.717, 1.165) is 37.6 Å². The molecule has 1 rings (SSSR count). The Kier molecular flexibility index (Phi) is 6.11. The first kappa shape index (κ1) is 15.5. The van der Waals surface area contributed by atoms with Gasteiger partial charge in [0.2, 0.25) is 0 Å². The molecular weight excluding hydrogens is 224 g/mol. The molecule has 4 atom stereocenters. The van der Waals surface area contributed by atoms with Crippen molar-refractivity contribution in [3.8, 4) is 6.07 Å². The molecule has 104 valence electrons. The van der Waals surface area contributed by atoms with E-state index in [1.54, 1.807) is 0 Å². The van der Waals surface area contributed by atoms with E-state index in [4.69, 9.17) is 4.74 Å². The van der Waals surface area contributed by atoms with Gasteiger partial charge < -0.3 is 4.74 Å². The standard InChI is InChI=1S/C15H28N2O/c1-5-8-17-15(4,10-16)11-18-14-7-6-12(2)13(3)9-14/h12-14,17H,5-9,11H2,1-4H3. The van der Waals surface area contributed by atoms with Gasteiger partial charge in [0.15, 0.2) is 0 Å². The monoisotopic (exact) mass is 252 g/mol. The number of ether oxygens (including phenoxy) is 1. The third-order valence-corrected chi connectivity index (χ3v) is 4.17. The molecule has 0 radical (unpaired) electrons. The smallest absolute Gasteiger partial charge is 0.127 e. The second-order valence-electron chi connectivity index (χ2n) is 6.07. The second-order valence-corrected chi connectivity index (χ2v) is 6.07. The Morgan fingerprint density at radius 3 is 2.61 bits per heavy atom. The van der Waals surface area contributed by atoms with E-state index in [9.17, 15) is 5.26 Å². The van der Waals surface area contributed by atoms with E-state index < -0.39 is 5.54 Å². The summed E-state index contributed by atoms with van der Waals surface area (Å²) in [5.41, 5.74) is -0.539. The van der Waals surface area contributed by atoms with Gasteiger partial charge in [-0.2, -0.15) is 5.26 Å². The molecule has 0 heterocycles. The Labute approximate surface area is 112 Å². The van der Waals surface area contributed by atoms with E-state index >= 15 is 0 Å². The maximum Gasteiger partial charge on any atom is 0.127 e. The van der Waals surface area contributed by atoms with Crippen LogP contribution in [0.5, 0.6) is 0 Å². The Bertz CT molecular complexity index is 287. The summed E-state index contributed by atoms with van der Waals surface area (Å²) in [6, 6.07) is 2.34. The molecule has 1 saturated carbocycles. The first-order chi connectivity index (χ1) is 8.50. The fraction of sp³-hybridized carbons (Fsp3) is 0.933. The number of nitrogens with zero attached hydrogens (tertiary/aromatic N) is 1. The Morgan fingerprint density at radius 2 is 2.06 bits per heavy atom. The zero-order valence-corrected chi connectivity index (χ0v) is 12.3. The molecular formula is C15H28N2O. The molecule has 0 spiro atoms. The van der Waals surface area contributed by atoms with Gasteiger partial charge in [-0.05, 0) is 51.0 Å². The van der Waals surface area contributed by atoms with Crippen molar-refractivity contribution < 1.29 is 4.74 Å². The summed E-state index contributed by atoms with van der Waals surface area (Å²) in [7, 11) is 0. The molecule has 3 nitrogen and oxygen atoms in total. The maximum absolute atomic E-state index is 9.24. The summed E-state index contributed by atoms with van der Waals surface area (Å²) < 4.78 is 5.97. The molecule has 0 bridgehead atoms. The maximum atomic E-state index is 9.24. The molecule has 0 saturated heterocycles.